The minimum Gasteiger partial charge on any atom is -0.342 e. The maximum Gasteiger partial charge on any atom is 0.268 e. The maximum absolute atomic E-state index is 13.0. The molecule has 1 saturated heterocycles. The van der Waals surface area contributed by atoms with Crippen molar-refractivity contribution in [3.63, 3.8) is 0 Å². The van der Waals surface area contributed by atoms with Gasteiger partial charge >= 0.3 is 0 Å². The summed E-state index contributed by atoms with van der Waals surface area (Å²) in [7, 11) is 1.85. The first-order chi connectivity index (χ1) is 14.0. The van der Waals surface area contributed by atoms with E-state index in [2.05, 4.69) is 10.2 Å². The van der Waals surface area contributed by atoms with E-state index in [1.807, 2.05) is 29.1 Å². The number of hydrogen-bond donors (Lipinski definition) is 1. The summed E-state index contributed by atoms with van der Waals surface area (Å²) in [5.41, 5.74) is 2.63. The van der Waals surface area contributed by atoms with Crippen LogP contribution in [0.4, 0.5) is 4.39 Å². The lowest BCUT2D eigenvalue weighted by Gasteiger charge is -2.34. The van der Waals surface area contributed by atoms with Gasteiger partial charge in [-0.2, -0.15) is 0 Å². The van der Waals surface area contributed by atoms with E-state index in [1.54, 1.807) is 28.4 Å². The number of benzene rings is 1. The molecule has 0 spiro atoms. The number of fused-ring (bicyclic) bond motifs is 1. The maximum atomic E-state index is 13.0. The van der Waals surface area contributed by atoms with E-state index in [9.17, 15) is 14.0 Å². The molecule has 1 aliphatic rings. The molecule has 2 amide bonds. The van der Waals surface area contributed by atoms with Gasteiger partial charge < -0.3 is 14.8 Å². The van der Waals surface area contributed by atoms with E-state index in [-0.39, 0.29) is 24.2 Å². The van der Waals surface area contributed by atoms with Crippen molar-refractivity contribution in [2.24, 2.45) is 7.05 Å². The summed E-state index contributed by atoms with van der Waals surface area (Å²) in [6.45, 7) is 3.49. The fourth-order valence-electron chi connectivity index (χ4n) is 3.63. The zero-order valence-corrected chi connectivity index (χ0v) is 17.0. The number of rotatable bonds is 5. The normalized spacial score (nSPS) is 15.0. The van der Waals surface area contributed by atoms with Crippen molar-refractivity contribution in [1.82, 2.24) is 19.7 Å². The predicted molar refractivity (Wildman–Crippen MR) is 111 cm³/mol. The van der Waals surface area contributed by atoms with E-state index in [0.717, 1.165) is 35.4 Å². The molecular formula is C21H23FN4O2S. The standard InChI is InChI=1S/C21H23FN4O2S/c1-24-17-6-11-29-19(17)12-18(24)21(28)23-13-20(27)26-9-7-25(8-10-26)14-15-2-4-16(22)5-3-15/h2-6,11-12H,7-10,13-14H2,1H3,(H,23,28). The zero-order valence-electron chi connectivity index (χ0n) is 16.2. The largest absolute Gasteiger partial charge is 0.342 e. The van der Waals surface area contributed by atoms with Crippen LogP contribution >= 0.6 is 11.3 Å². The first-order valence-electron chi connectivity index (χ1n) is 9.57. The molecule has 1 aromatic carbocycles. The Balaban J connectivity index is 1.25. The molecule has 0 unspecified atom stereocenters. The van der Waals surface area contributed by atoms with Crippen LogP contribution in [0.2, 0.25) is 0 Å². The van der Waals surface area contributed by atoms with Crippen molar-refractivity contribution in [2.45, 2.75) is 6.54 Å². The molecule has 1 fully saturated rings. The third-order valence-electron chi connectivity index (χ3n) is 5.34. The molecule has 6 nitrogen and oxygen atoms in total. The predicted octanol–water partition coefficient (Wildman–Crippen LogP) is 2.45. The van der Waals surface area contributed by atoms with Gasteiger partial charge in [-0.3, -0.25) is 14.5 Å². The molecule has 0 radical (unpaired) electrons. The summed E-state index contributed by atoms with van der Waals surface area (Å²) in [5.74, 6) is -0.545. The second-order valence-electron chi connectivity index (χ2n) is 7.22. The molecule has 152 valence electrons. The number of aryl methyl sites for hydroxylation is 1. The minimum absolute atomic E-state index is 0.00434. The molecule has 0 bridgehead atoms. The second-order valence-corrected chi connectivity index (χ2v) is 8.17. The highest BCUT2D eigenvalue weighted by Crippen LogP contribution is 2.24. The molecule has 8 heteroatoms. The smallest absolute Gasteiger partial charge is 0.268 e. The van der Waals surface area contributed by atoms with Crippen LogP contribution in [0.1, 0.15) is 16.1 Å². The lowest BCUT2D eigenvalue weighted by molar-refractivity contribution is -0.131. The van der Waals surface area contributed by atoms with Crippen molar-refractivity contribution in [2.75, 3.05) is 32.7 Å². The van der Waals surface area contributed by atoms with Gasteiger partial charge in [0, 0.05) is 39.8 Å². The highest BCUT2D eigenvalue weighted by Gasteiger charge is 2.22. The van der Waals surface area contributed by atoms with Crippen LogP contribution in [-0.2, 0) is 18.4 Å². The fraction of sp³-hybridized carbons (Fsp3) is 0.333. The summed E-state index contributed by atoms with van der Waals surface area (Å²) in [6.07, 6.45) is 0. The lowest BCUT2D eigenvalue weighted by Crippen LogP contribution is -2.50. The SMILES string of the molecule is Cn1c(C(=O)NCC(=O)N2CCN(Cc3ccc(F)cc3)CC2)cc2sccc21. The van der Waals surface area contributed by atoms with E-state index >= 15 is 0 Å². The molecule has 0 aliphatic carbocycles. The van der Waals surface area contributed by atoms with Crippen LogP contribution < -0.4 is 5.32 Å². The van der Waals surface area contributed by atoms with Crippen molar-refractivity contribution in [3.05, 3.63) is 58.9 Å². The molecule has 3 heterocycles. The van der Waals surface area contributed by atoms with Gasteiger partial charge in [-0.05, 0) is 35.2 Å². The zero-order chi connectivity index (χ0) is 20.4. The number of nitrogens with one attached hydrogen (secondary N) is 1. The van der Waals surface area contributed by atoms with Crippen molar-refractivity contribution in [1.29, 1.82) is 0 Å². The molecule has 29 heavy (non-hydrogen) atoms. The van der Waals surface area contributed by atoms with Crippen LogP contribution in [-0.4, -0.2) is 58.9 Å². The van der Waals surface area contributed by atoms with Gasteiger partial charge in [0.15, 0.2) is 0 Å². The number of piperazine rings is 1. The Morgan fingerprint density at radius 2 is 1.83 bits per heavy atom. The molecule has 4 rings (SSSR count). The van der Waals surface area contributed by atoms with E-state index in [1.165, 1.54) is 12.1 Å². The fourth-order valence-corrected chi connectivity index (χ4v) is 4.48. The summed E-state index contributed by atoms with van der Waals surface area (Å²) in [5, 5.41) is 4.74. The molecule has 3 aromatic rings. The molecule has 1 aliphatic heterocycles. The number of nitrogens with zero attached hydrogens (tertiary/aromatic N) is 3. The Morgan fingerprint density at radius 1 is 1.10 bits per heavy atom. The Morgan fingerprint density at radius 3 is 2.52 bits per heavy atom. The van der Waals surface area contributed by atoms with E-state index in [0.29, 0.717) is 18.8 Å². The van der Waals surface area contributed by atoms with Crippen LogP contribution in [0.5, 0.6) is 0 Å². The van der Waals surface area contributed by atoms with Gasteiger partial charge in [0.1, 0.15) is 11.5 Å². The summed E-state index contributed by atoms with van der Waals surface area (Å²) in [6, 6.07) is 10.3. The number of aromatic nitrogens is 1. The monoisotopic (exact) mass is 414 g/mol. The number of carbonyl (C=O) groups excluding carboxylic acids is 2. The van der Waals surface area contributed by atoms with Crippen LogP contribution in [0.3, 0.4) is 0 Å². The third kappa shape index (κ3) is 4.33. The summed E-state index contributed by atoms with van der Waals surface area (Å²) < 4.78 is 15.9. The third-order valence-corrected chi connectivity index (χ3v) is 6.19. The van der Waals surface area contributed by atoms with Crippen molar-refractivity contribution in [3.8, 4) is 0 Å². The Labute approximate surface area is 172 Å². The quantitative estimate of drug-likeness (QED) is 0.698. The van der Waals surface area contributed by atoms with E-state index < -0.39 is 0 Å². The number of amides is 2. The van der Waals surface area contributed by atoms with Crippen LogP contribution in [0, 0.1) is 5.82 Å². The number of thiophene rings is 1. The van der Waals surface area contributed by atoms with Gasteiger partial charge in [-0.1, -0.05) is 12.1 Å². The molecule has 0 saturated carbocycles. The average Bonchev–Trinajstić information content (AvgIpc) is 3.31. The lowest BCUT2D eigenvalue weighted by atomic mass is 10.2. The summed E-state index contributed by atoms with van der Waals surface area (Å²) >= 11 is 1.59. The van der Waals surface area contributed by atoms with Gasteiger partial charge in [0.2, 0.25) is 5.91 Å². The highest BCUT2D eigenvalue weighted by molar-refractivity contribution is 7.17. The molecular weight excluding hydrogens is 391 g/mol. The average molecular weight is 415 g/mol. The molecule has 2 aromatic heterocycles. The molecule has 1 N–H and O–H groups in total. The summed E-state index contributed by atoms with van der Waals surface area (Å²) in [4.78, 5) is 29.0. The second kappa shape index (κ2) is 8.34. The van der Waals surface area contributed by atoms with Gasteiger partial charge in [0.25, 0.3) is 5.91 Å². The Hall–Kier alpha value is -2.71. The van der Waals surface area contributed by atoms with Gasteiger partial charge in [0.05, 0.1) is 16.8 Å². The van der Waals surface area contributed by atoms with Gasteiger partial charge in [-0.25, -0.2) is 4.39 Å². The van der Waals surface area contributed by atoms with E-state index in [4.69, 9.17) is 0 Å². The number of hydrogen-bond acceptors (Lipinski definition) is 4. The number of carbonyl (C=O) groups is 2. The minimum atomic E-state index is -0.237. The van der Waals surface area contributed by atoms with Crippen LogP contribution in [0.25, 0.3) is 10.2 Å². The van der Waals surface area contributed by atoms with Crippen LogP contribution in [0.15, 0.2) is 41.8 Å². The first kappa shape index (κ1) is 19.6. The molecule has 0 atom stereocenters. The Kier molecular flexibility index (Phi) is 5.64. The van der Waals surface area contributed by atoms with Crippen molar-refractivity contribution >= 4 is 33.4 Å². The number of halogens is 1. The first-order valence-corrected chi connectivity index (χ1v) is 10.4. The highest BCUT2D eigenvalue weighted by atomic mass is 32.1. The topological polar surface area (TPSA) is 57.6 Å². The Bertz CT molecular complexity index is 1020. The van der Waals surface area contributed by atoms with Gasteiger partial charge in [-0.15, -0.1) is 11.3 Å². The van der Waals surface area contributed by atoms with Crippen molar-refractivity contribution < 1.29 is 14.0 Å².